The smallest absolute Gasteiger partial charge is 0.407 e. The Bertz CT molecular complexity index is 858. The quantitative estimate of drug-likeness (QED) is 0.0380. The number of amides is 1. The molecule has 1 N–H and O–H groups in total. The molecule has 8 nitrogen and oxygen atoms in total. The number of alkyl carbamates (subject to hydrolysis) is 1. The van der Waals surface area contributed by atoms with Gasteiger partial charge in [0, 0.05) is 19.4 Å². The van der Waals surface area contributed by atoms with Gasteiger partial charge in [-0.05, 0) is 111 Å². The van der Waals surface area contributed by atoms with Crippen molar-refractivity contribution in [1.82, 2.24) is 10.2 Å². The average Bonchev–Trinajstić information content (AvgIpc) is 3.11. The molecule has 0 aliphatic heterocycles. The van der Waals surface area contributed by atoms with Crippen molar-refractivity contribution < 1.29 is 28.6 Å². The molecule has 54 heavy (non-hydrogen) atoms. The highest BCUT2D eigenvalue weighted by Crippen LogP contribution is 2.19. The Balaban J connectivity index is 4.46. The Kier molecular flexibility index (Phi) is 35.5. The Hall–Kier alpha value is -1.83. The highest BCUT2D eigenvalue weighted by molar-refractivity contribution is 5.69. The number of hydrogen-bond acceptors (Lipinski definition) is 7. The minimum atomic E-state index is -0.493. The van der Waals surface area contributed by atoms with Crippen LogP contribution in [0.25, 0.3) is 0 Å². The monoisotopic (exact) mass is 767 g/mol. The maximum absolute atomic E-state index is 12.7. The van der Waals surface area contributed by atoms with Crippen molar-refractivity contribution in [1.29, 1.82) is 0 Å². The molecular formula is C46H90N2O6. The van der Waals surface area contributed by atoms with Crippen LogP contribution in [0.4, 0.5) is 4.79 Å². The highest BCUT2D eigenvalue weighted by Gasteiger charge is 2.16. The summed E-state index contributed by atoms with van der Waals surface area (Å²) in [6.45, 7) is 18.8. The van der Waals surface area contributed by atoms with Gasteiger partial charge in [0.05, 0.1) is 6.61 Å². The molecule has 0 bridgehead atoms. The number of nitrogens with zero attached hydrogens (tertiary/aromatic N) is 1. The second-order valence-corrected chi connectivity index (χ2v) is 16.9. The largest absolute Gasteiger partial charge is 0.466 e. The molecule has 0 radical (unpaired) electrons. The highest BCUT2D eigenvalue weighted by atomic mass is 16.6. The number of hydrogen-bond donors (Lipinski definition) is 1. The molecule has 0 rings (SSSR count). The molecule has 1 amide bonds. The van der Waals surface area contributed by atoms with Gasteiger partial charge in [-0.3, -0.25) is 9.59 Å². The summed E-state index contributed by atoms with van der Waals surface area (Å²) in [6, 6.07) is 0. The van der Waals surface area contributed by atoms with Crippen molar-refractivity contribution in [2.24, 2.45) is 5.92 Å². The van der Waals surface area contributed by atoms with E-state index in [9.17, 15) is 14.4 Å². The Morgan fingerprint density at radius 3 is 1.54 bits per heavy atom. The van der Waals surface area contributed by atoms with Crippen molar-refractivity contribution in [3.63, 3.8) is 0 Å². The molecule has 0 aromatic carbocycles. The second kappa shape index (κ2) is 36.8. The second-order valence-electron chi connectivity index (χ2n) is 16.9. The van der Waals surface area contributed by atoms with Gasteiger partial charge in [-0.2, -0.15) is 0 Å². The molecule has 0 atom stereocenters. The number of nitrogens with one attached hydrogen (secondary N) is 1. The van der Waals surface area contributed by atoms with E-state index in [2.05, 4.69) is 37.9 Å². The first-order valence-electron chi connectivity index (χ1n) is 23.1. The summed E-state index contributed by atoms with van der Waals surface area (Å²) >= 11 is 0. The molecule has 0 unspecified atom stereocenters. The van der Waals surface area contributed by atoms with Crippen LogP contribution in [-0.4, -0.2) is 67.4 Å². The van der Waals surface area contributed by atoms with Crippen LogP contribution in [0.1, 0.15) is 228 Å². The summed E-state index contributed by atoms with van der Waals surface area (Å²) < 4.78 is 16.9. The lowest BCUT2D eigenvalue weighted by Gasteiger charge is -2.23. The van der Waals surface area contributed by atoms with E-state index >= 15 is 0 Å². The van der Waals surface area contributed by atoms with E-state index in [-0.39, 0.29) is 24.1 Å². The zero-order valence-corrected chi connectivity index (χ0v) is 36.9. The summed E-state index contributed by atoms with van der Waals surface area (Å²) in [5, 5.41) is 2.90. The van der Waals surface area contributed by atoms with E-state index in [0.29, 0.717) is 31.9 Å². The SMILES string of the molecule is CCCCCCC(CCCCCC)OC(=O)CCCCCCCN(CCCCCCCC(=O)OCCC(CCC)CCC)CCCNC(=O)OC(C)(C)C. The number of unbranched alkanes of at least 4 members (excludes halogenated alkanes) is 14. The number of rotatable bonds is 38. The van der Waals surface area contributed by atoms with Crippen LogP contribution in [0.5, 0.6) is 0 Å². The van der Waals surface area contributed by atoms with Gasteiger partial charge in [0.25, 0.3) is 0 Å². The van der Waals surface area contributed by atoms with Gasteiger partial charge < -0.3 is 24.4 Å². The molecular weight excluding hydrogens is 677 g/mol. The van der Waals surface area contributed by atoms with Crippen molar-refractivity contribution >= 4 is 18.0 Å². The number of esters is 2. The minimum Gasteiger partial charge on any atom is -0.466 e. The normalized spacial score (nSPS) is 11.8. The van der Waals surface area contributed by atoms with Gasteiger partial charge in [0.15, 0.2) is 0 Å². The number of ether oxygens (including phenoxy) is 3. The van der Waals surface area contributed by atoms with Gasteiger partial charge in [-0.25, -0.2) is 4.79 Å². The molecule has 0 fully saturated rings. The van der Waals surface area contributed by atoms with Gasteiger partial charge >= 0.3 is 18.0 Å². The Labute approximate surface area is 334 Å². The predicted molar refractivity (Wildman–Crippen MR) is 227 cm³/mol. The molecule has 0 saturated heterocycles. The third-order valence-electron chi connectivity index (χ3n) is 10.3. The summed E-state index contributed by atoms with van der Waals surface area (Å²) in [5.41, 5.74) is -0.493. The van der Waals surface area contributed by atoms with Crippen LogP contribution >= 0.6 is 0 Å². The van der Waals surface area contributed by atoms with Crippen molar-refractivity contribution in [3.8, 4) is 0 Å². The maximum atomic E-state index is 12.7. The third-order valence-corrected chi connectivity index (χ3v) is 10.3. The lowest BCUT2D eigenvalue weighted by Crippen LogP contribution is -2.35. The molecule has 0 aromatic heterocycles. The van der Waals surface area contributed by atoms with Crippen LogP contribution in [0.15, 0.2) is 0 Å². The van der Waals surface area contributed by atoms with Crippen LogP contribution in [-0.2, 0) is 23.8 Å². The van der Waals surface area contributed by atoms with Crippen molar-refractivity contribution in [2.75, 3.05) is 32.8 Å². The van der Waals surface area contributed by atoms with E-state index < -0.39 is 5.60 Å². The van der Waals surface area contributed by atoms with Gasteiger partial charge in [0.2, 0.25) is 0 Å². The first-order chi connectivity index (χ1) is 26.0. The summed E-state index contributed by atoms with van der Waals surface area (Å²) in [4.78, 5) is 39.5. The predicted octanol–water partition coefficient (Wildman–Crippen LogP) is 12.9. The molecule has 0 heterocycles. The fourth-order valence-electron chi connectivity index (χ4n) is 7.18. The average molecular weight is 767 g/mol. The third kappa shape index (κ3) is 35.8. The van der Waals surface area contributed by atoms with Crippen LogP contribution in [0.3, 0.4) is 0 Å². The molecule has 0 saturated carbocycles. The molecule has 0 aliphatic carbocycles. The molecule has 0 aliphatic rings. The number of carbonyl (C=O) groups excluding carboxylic acids is 3. The van der Waals surface area contributed by atoms with E-state index in [1.807, 2.05) is 20.8 Å². The fourth-order valence-corrected chi connectivity index (χ4v) is 7.18. The lowest BCUT2D eigenvalue weighted by atomic mass is 9.95. The standard InChI is InChI=1S/C46H90N2O6/c1-8-12-14-22-31-42(32-23-15-13-9-2)53-44(50)34-25-19-17-21-27-38-48(39-28-36-47-45(51)54-46(5,6)7)37-26-20-16-18-24-33-43(49)52-40-35-41(29-10-3)30-11-4/h41-42H,8-40H2,1-7H3,(H,47,51). The first kappa shape index (κ1) is 52.2. The lowest BCUT2D eigenvalue weighted by molar-refractivity contribution is -0.150. The van der Waals surface area contributed by atoms with Crippen molar-refractivity contribution in [2.45, 2.75) is 240 Å². The minimum absolute atomic E-state index is 0.00428. The van der Waals surface area contributed by atoms with E-state index in [1.165, 1.54) is 64.2 Å². The summed E-state index contributed by atoms with van der Waals surface area (Å²) in [5.74, 6) is 0.641. The molecule has 320 valence electrons. The maximum Gasteiger partial charge on any atom is 0.407 e. The van der Waals surface area contributed by atoms with E-state index in [0.717, 1.165) is 122 Å². The van der Waals surface area contributed by atoms with Crippen LogP contribution in [0, 0.1) is 5.92 Å². The van der Waals surface area contributed by atoms with Crippen molar-refractivity contribution in [3.05, 3.63) is 0 Å². The molecule has 0 aromatic rings. The number of carbonyl (C=O) groups is 3. The zero-order chi connectivity index (χ0) is 40.1. The van der Waals surface area contributed by atoms with Gasteiger partial charge in [-0.15, -0.1) is 0 Å². The van der Waals surface area contributed by atoms with Gasteiger partial charge in [-0.1, -0.05) is 130 Å². The Morgan fingerprint density at radius 1 is 0.537 bits per heavy atom. The topological polar surface area (TPSA) is 94.2 Å². The fraction of sp³-hybridized carbons (Fsp3) is 0.935. The van der Waals surface area contributed by atoms with Crippen LogP contribution < -0.4 is 5.32 Å². The Morgan fingerprint density at radius 2 is 1.02 bits per heavy atom. The summed E-state index contributed by atoms with van der Waals surface area (Å²) in [6.07, 6.45) is 30.2. The van der Waals surface area contributed by atoms with E-state index in [4.69, 9.17) is 14.2 Å². The first-order valence-corrected chi connectivity index (χ1v) is 23.1. The summed E-state index contributed by atoms with van der Waals surface area (Å²) in [7, 11) is 0. The molecule has 0 spiro atoms. The molecule has 8 heteroatoms. The van der Waals surface area contributed by atoms with Crippen LogP contribution in [0.2, 0.25) is 0 Å². The zero-order valence-electron chi connectivity index (χ0n) is 36.9. The van der Waals surface area contributed by atoms with E-state index in [1.54, 1.807) is 0 Å². The van der Waals surface area contributed by atoms with Gasteiger partial charge in [0.1, 0.15) is 11.7 Å².